The first-order valence-electron chi connectivity index (χ1n) is 7.83. The van der Waals surface area contributed by atoms with Gasteiger partial charge >= 0.3 is 6.09 Å². The van der Waals surface area contributed by atoms with Crippen molar-refractivity contribution in [1.29, 1.82) is 0 Å². The minimum atomic E-state index is -0.484. The van der Waals surface area contributed by atoms with E-state index in [0.717, 1.165) is 32.1 Å². The second kappa shape index (κ2) is 8.47. The van der Waals surface area contributed by atoms with E-state index in [0.29, 0.717) is 18.9 Å². The highest BCUT2D eigenvalue weighted by molar-refractivity contribution is 5.71. The highest BCUT2D eigenvalue weighted by Crippen LogP contribution is 2.23. The number of rotatable bonds is 6. The number of non-ortho nitro benzene ring substituents is 1. The zero-order valence-corrected chi connectivity index (χ0v) is 13.3. The van der Waals surface area contributed by atoms with Crippen LogP contribution >= 0.6 is 0 Å². The molecule has 1 saturated heterocycles. The summed E-state index contributed by atoms with van der Waals surface area (Å²) in [6, 6.07) is 5.72. The molecular weight excluding hydrogens is 300 g/mol. The van der Waals surface area contributed by atoms with Crippen LogP contribution < -0.4 is 4.74 Å². The van der Waals surface area contributed by atoms with Gasteiger partial charge in [0.2, 0.25) is 0 Å². The van der Waals surface area contributed by atoms with Crippen molar-refractivity contribution in [3.63, 3.8) is 0 Å². The van der Waals surface area contributed by atoms with Crippen LogP contribution in [0.1, 0.15) is 32.1 Å². The van der Waals surface area contributed by atoms with Gasteiger partial charge in [-0.1, -0.05) is 0 Å². The van der Waals surface area contributed by atoms with Crippen LogP contribution in [0.15, 0.2) is 24.3 Å². The van der Waals surface area contributed by atoms with Gasteiger partial charge in [-0.3, -0.25) is 10.1 Å². The van der Waals surface area contributed by atoms with Gasteiger partial charge in [-0.25, -0.2) is 4.79 Å². The van der Waals surface area contributed by atoms with Gasteiger partial charge in [-0.15, -0.1) is 0 Å². The summed E-state index contributed by atoms with van der Waals surface area (Å²) < 4.78 is 10.4. The Morgan fingerprint density at radius 3 is 2.74 bits per heavy atom. The highest BCUT2D eigenvalue weighted by atomic mass is 16.6. The Morgan fingerprint density at radius 1 is 1.35 bits per heavy atom. The van der Waals surface area contributed by atoms with Crippen molar-refractivity contribution < 1.29 is 19.2 Å². The van der Waals surface area contributed by atoms with Crippen molar-refractivity contribution in [2.75, 3.05) is 20.3 Å². The van der Waals surface area contributed by atoms with E-state index < -0.39 is 4.92 Å². The average Bonchev–Trinajstić information content (AvgIpc) is 2.56. The third kappa shape index (κ3) is 4.92. The van der Waals surface area contributed by atoms with E-state index in [1.165, 1.54) is 24.3 Å². The summed E-state index contributed by atoms with van der Waals surface area (Å²) in [7, 11) is 1.67. The molecule has 23 heavy (non-hydrogen) atoms. The molecule has 1 fully saturated rings. The number of nitro groups is 1. The van der Waals surface area contributed by atoms with Crippen LogP contribution in [-0.2, 0) is 4.74 Å². The summed E-state index contributed by atoms with van der Waals surface area (Å²) >= 11 is 0. The molecule has 0 aromatic heterocycles. The summed E-state index contributed by atoms with van der Waals surface area (Å²) in [4.78, 5) is 24.3. The number of amides is 1. The Kier molecular flexibility index (Phi) is 6.34. The third-order valence-electron chi connectivity index (χ3n) is 4.00. The topological polar surface area (TPSA) is 81.9 Å². The van der Waals surface area contributed by atoms with Gasteiger partial charge < -0.3 is 14.4 Å². The minimum absolute atomic E-state index is 0.0276. The molecule has 1 aliphatic rings. The van der Waals surface area contributed by atoms with E-state index in [9.17, 15) is 14.9 Å². The Hall–Kier alpha value is -2.15. The van der Waals surface area contributed by atoms with Gasteiger partial charge in [0.15, 0.2) is 0 Å². The van der Waals surface area contributed by atoms with Gasteiger partial charge in [0.05, 0.1) is 4.92 Å². The van der Waals surface area contributed by atoms with Crippen molar-refractivity contribution in [3.05, 3.63) is 34.4 Å². The molecule has 0 radical (unpaired) electrons. The summed E-state index contributed by atoms with van der Waals surface area (Å²) in [6.07, 6.45) is 4.46. The summed E-state index contributed by atoms with van der Waals surface area (Å²) in [5, 5.41) is 10.6. The molecule has 2 rings (SSSR count). The molecular formula is C16H22N2O5. The lowest BCUT2D eigenvalue weighted by molar-refractivity contribution is -0.384. The van der Waals surface area contributed by atoms with E-state index in [1.807, 2.05) is 0 Å². The molecule has 0 spiro atoms. The van der Waals surface area contributed by atoms with Crippen molar-refractivity contribution in [1.82, 2.24) is 4.90 Å². The van der Waals surface area contributed by atoms with Gasteiger partial charge in [-0.05, 0) is 44.2 Å². The molecule has 0 aliphatic carbocycles. The fourth-order valence-electron chi connectivity index (χ4n) is 2.80. The second-order valence-corrected chi connectivity index (χ2v) is 5.60. The van der Waals surface area contributed by atoms with Crippen molar-refractivity contribution in [2.24, 2.45) is 0 Å². The van der Waals surface area contributed by atoms with E-state index in [1.54, 1.807) is 12.0 Å². The first-order valence-corrected chi connectivity index (χ1v) is 7.83. The molecule has 7 heteroatoms. The zero-order chi connectivity index (χ0) is 16.7. The number of benzene rings is 1. The minimum Gasteiger partial charge on any atom is -0.410 e. The van der Waals surface area contributed by atoms with Crippen LogP contribution in [0.4, 0.5) is 10.5 Å². The lowest BCUT2D eigenvalue weighted by Gasteiger charge is -2.34. The summed E-state index contributed by atoms with van der Waals surface area (Å²) in [6.45, 7) is 1.37. The quantitative estimate of drug-likeness (QED) is 0.455. The molecule has 1 aromatic rings. The van der Waals surface area contributed by atoms with Crippen LogP contribution in [0.25, 0.3) is 0 Å². The predicted molar refractivity (Wildman–Crippen MR) is 84.6 cm³/mol. The maximum absolute atomic E-state index is 12.4. The molecule has 0 saturated carbocycles. The fourth-order valence-corrected chi connectivity index (χ4v) is 2.80. The number of ether oxygens (including phenoxy) is 2. The van der Waals surface area contributed by atoms with Crippen LogP contribution in [0, 0.1) is 10.1 Å². The largest absolute Gasteiger partial charge is 0.415 e. The number of methoxy groups -OCH3 is 1. The van der Waals surface area contributed by atoms with Crippen LogP contribution in [0.3, 0.4) is 0 Å². The average molecular weight is 322 g/mol. The molecule has 0 bridgehead atoms. The number of likely N-dealkylation sites (tertiary alicyclic amines) is 1. The lowest BCUT2D eigenvalue weighted by atomic mass is 9.99. The maximum Gasteiger partial charge on any atom is 0.415 e. The number of nitro benzene ring substituents is 1. The summed E-state index contributed by atoms with van der Waals surface area (Å²) in [5.41, 5.74) is -0.0276. The van der Waals surface area contributed by atoms with Crippen LogP contribution in [0.2, 0.25) is 0 Å². The molecule has 1 atom stereocenters. The molecule has 1 heterocycles. The number of hydrogen-bond acceptors (Lipinski definition) is 5. The van der Waals surface area contributed by atoms with Crippen LogP contribution in [-0.4, -0.2) is 42.2 Å². The molecule has 0 unspecified atom stereocenters. The predicted octanol–water partition coefficient (Wildman–Crippen LogP) is 3.37. The number of carbonyl (C=O) groups is 1. The number of hydrogen-bond donors (Lipinski definition) is 0. The molecule has 1 aliphatic heterocycles. The van der Waals surface area contributed by atoms with Crippen molar-refractivity contribution >= 4 is 11.8 Å². The molecule has 1 amide bonds. The Balaban J connectivity index is 1.95. The van der Waals surface area contributed by atoms with Gasteiger partial charge in [-0.2, -0.15) is 0 Å². The maximum atomic E-state index is 12.4. The molecule has 126 valence electrons. The normalized spacial score (nSPS) is 17.8. The fraction of sp³-hybridized carbons (Fsp3) is 0.562. The van der Waals surface area contributed by atoms with E-state index >= 15 is 0 Å². The standard InChI is InChI=1S/C16H22N2O5/c1-22-12-4-6-13-5-2-3-11-17(13)16(19)23-15-9-7-14(8-10-15)18(20)21/h7-10,13H,2-6,11-12H2,1H3/t13-/m1/s1. The highest BCUT2D eigenvalue weighted by Gasteiger charge is 2.27. The Labute approximate surface area is 135 Å². The summed E-state index contributed by atoms with van der Waals surface area (Å²) in [5.74, 6) is 0.321. The molecule has 0 N–H and O–H groups in total. The van der Waals surface area contributed by atoms with Crippen molar-refractivity contribution in [3.8, 4) is 5.75 Å². The SMILES string of the molecule is COCCC[C@H]1CCCCN1C(=O)Oc1ccc([N+](=O)[O-])cc1. The van der Waals surface area contributed by atoms with Crippen LogP contribution in [0.5, 0.6) is 5.75 Å². The Morgan fingerprint density at radius 2 is 2.09 bits per heavy atom. The number of nitrogens with zero attached hydrogens (tertiary/aromatic N) is 2. The van der Waals surface area contributed by atoms with Crippen molar-refractivity contribution in [2.45, 2.75) is 38.1 Å². The van der Waals surface area contributed by atoms with E-state index in [2.05, 4.69) is 0 Å². The zero-order valence-electron chi connectivity index (χ0n) is 13.3. The Bertz CT molecular complexity index is 532. The molecule has 1 aromatic carbocycles. The van der Waals surface area contributed by atoms with Gasteiger partial charge in [0, 0.05) is 38.4 Å². The van der Waals surface area contributed by atoms with E-state index in [4.69, 9.17) is 9.47 Å². The van der Waals surface area contributed by atoms with Gasteiger partial charge in [0.1, 0.15) is 5.75 Å². The number of carbonyl (C=O) groups excluding carboxylic acids is 1. The number of piperidine rings is 1. The third-order valence-corrected chi connectivity index (χ3v) is 4.00. The van der Waals surface area contributed by atoms with Gasteiger partial charge in [0.25, 0.3) is 5.69 Å². The van der Waals surface area contributed by atoms with E-state index in [-0.39, 0.29) is 17.8 Å². The second-order valence-electron chi connectivity index (χ2n) is 5.60. The first kappa shape index (κ1) is 17.2. The smallest absolute Gasteiger partial charge is 0.410 e. The lowest BCUT2D eigenvalue weighted by Crippen LogP contribution is -2.45. The monoisotopic (exact) mass is 322 g/mol. The molecule has 7 nitrogen and oxygen atoms in total. The first-order chi connectivity index (χ1) is 11.1.